The highest BCUT2D eigenvalue weighted by atomic mass is 32.2. The molecule has 42 heavy (non-hydrogen) atoms. The van der Waals surface area contributed by atoms with Crippen LogP contribution in [0, 0.1) is 5.41 Å². The van der Waals surface area contributed by atoms with Gasteiger partial charge in [0.1, 0.15) is 15.9 Å². The maximum absolute atomic E-state index is 12.9. The minimum Gasteiger partial charge on any atom is -0.743 e. The number of alkyl halides is 5. The molecule has 0 saturated heterocycles. The van der Waals surface area contributed by atoms with Gasteiger partial charge in [-0.1, -0.05) is 69.3 Å². The van der Waals surface area contributed by atoms with Gasteiger partial charge in [-0.3, -0.25) is 4.79 Å². The molecule has 0 fully saturated rings. The SMILES string of the molecule is CC(C)(C)C(=O)OC(C(F)(F)F)C(F)(F)S(=O)(=O)[O-].CC(C)(C)c1ccc([PH+](c2ccccc2)c2ccccc2)cc1. The monoisotopic (exact) mass is 632 g/mol. The van der Waals surface area contributed by atoms with E-state index in [0.29, 0.717) is 0 Å². The number of ether oxygens (including phenoxy) is 1. The predicted octanol–water partition coefficient (Wildman–Crippen LogP) is 6.12. The third-order valence-electron chi connectivity index (χ3n) is 5.94. The molecule has 12 heteroatoms. The zero-order valence-electron chi connectivity index (χ0n) is 24.0. The second-order valence-corrected chi connectivity index (χ2v) is 15.5. The Morgan fingerprint density at radius 2 is 1.10 bits per heavy atom. The Balaban J connectivity index is 0.000000301. The van der Waals surface area contributed by atoms with Crippen molar-refractivity contribution in [2.75, 3.05) is 0 Å². The molecule has 0 aromatic heterocycles. The Hall–Kier alpha value is -2.88. The van der Waals surface area contributed by atoms with Gasteiger partial charge in [-0.15, -0.1) is 0 Å². The van der Waals surface area contributed by atoms with E-state index in [2.05, 4.69) is 110 Å². The average molecular weight is 633 g/mol. The van der Waals surface area contributed by atoms with Gasteiger partial charge < -0.3 is 9.29 Å². The third-order valence-corrected chi connectivity index (χ3v) is 9.55. The number of carbonyl (C=O) groups is 1. The van der Waals surface area contributed by atoms with Crippen LogP contribution in [0.15, 0.2) is 84.9 Å². The molecule has 3 rings (SSSR count). The van der Waals surface area contributed by atoms with E-state index in [4.69, 9.17) is 0 Å². The number of benzene rings is 3. The summed E-state index contributed by atoms with van der Waals surface area (Å²) in [5, 5.41) is -1.49. The summed E-state index contributed by atoms with van der Waals surface area (Å²) in [7, 11) is -7.60. The molecule has 0 aliphatic carbocycles. The molecular formula is C30H34F5O5PS. The molecule has 1 unspecified atom stereocenters. The van der Waals surface area contributed by atoms with Gasteiger partial charge in [-0.2, -0.15) is 22.0 Å². The highest BCUT2D eigenvalue weighted by Gasteiger charge is 2.63. The first-order chi connectivity index (χ1) is 19.1. The van der Waals surface area contributed by atoms with Crippen LogP contribution >= 0.6 is 7.92 Å². The van der Waals surface area contributed by atoms with Crippen molar-refractivity contribution in [1.29, 1.82) is 0 Å². The Kier molecular flexibility index (Phi) is 11.1. The summed E-state index contributed by atoms with van der Waals surface area (Å²) in [6, 6.07) is 31.1. The van der Waals surface area contributed by atoms with Gasteiger partial charge in [0.2, 0.25) is 0 Å². The van der Waals surface area contributed by atoms with Crippen LogP contribution in [0.3, 0.4) is 0 Å². The molecule has 230 valence electrons. The standard InChI is InChI=1S/C22H23P.C8H11F5O5S/c1-22(2,3)18-14-16-21(17-15-18)23(19-10-6-4-7-11-19)20-12-8-5-9-13-20;1-6(2,3)5(14)18-4(7(9,10)11)8(12,13)19(15,16)17/h4-17H,1-3H3;4H,1-3H3,(H,15,16,17). The first-order valence-corrected chi connectivity index (χ1v) is 15.7. The highest BCUT2D eigenvalue weighted by molar-refractivity contribution is 7.86. The van der Waals surface area contributed by atoms with Crippen molar-refractivity contribution < 1.29 is 44.5 Å². The van der Waals surface area contributed by atoms with E-state index in [0.717, 1.165) is 20.8 Å². The molecule has 0 radical (unpaired) electrons. The largest absolute Gasteiger partial charge is 0.743 e. The summed E-state index contributed by atoms with van der Waals surface area (Å²) in [5.74, 6) is -1.72. The minimum atomic E-state index is -6.66. The van der Waals surface area contributed by atoms with E-state index in [1.807, 2.05) is 0 Å². The summed E-state index contributed by atoms with van der Waals surface area (Å²) >= 11 is 0. The number of esters is 1. The fourth-order valence-electron chi connectivity index (χ4n) is 3.59. The van der Waals surface area contributed by atoms with Crippen LogP contribution < -0.4 is 15.9 Å². The minimum absolute atomic E-state index is 0.199. The number of hydrogen-bond acceptors (Lipinski definition) is 5. The number of halogens is 5. The summed E-state index contributed by atoms with van der Waals surface area (Å²) in [5.41, 5.74) is 0.000624. The highest BCUT2D eigenvalue weighted by Crippen LogP contribution is 2.39. The van der Waals surface area contributed by atoms with Crippen LogP contribution in [0.1, 0.15) is 47.1 Å². The number of rotatable bonds is 6. The second-order valence-electron chi connectivity index (χ2n) is 11.5. The number of carbonyl (C=O) groups excluding carboxylic acids is 1. The molecule has 0 spiro atoms. The van der Waals surface area contributed by atoms with Crippen molar-refractivity contribution in [3.63, 3.8) is 0 Å². The lowest BCUT2D eigenvalue weighted by Gasteiger charge is -2.31. The molecule has 0 aliphatic heterocycles. The van der Waals surface area contributed by atoms with Gasteiger partial charge in [0.05, 0.1) is 13.3 Å². The van der Waals surface area contributed by atoms with E-state index in [-0.39, 0.29) is 5.41 Å². The fraction of sp³-hybridized carbons (Fsp3) is 0.367. The quantitative estimate of drug-likeness (QED) is 0.142. The van der Waals surface area contributed by atoms with Crippen LogP contribution in [0.2, 0.25) is 0 Å². The molecule has 0 amide bonds. The zero-order valence-corrected chi connectivity index (χ0v) is 25.8. The van der Waals surface area contributed by atoms with E-state index in [9.17, 15) is 39.7 Å². The third kappa shape index (κ3) is 9.31. The second kappa shape index (κ2) is 13.2. The average Bonchev–Trinajstić information content (AvgIpc) is 2.87. The summed E-state index contributed by atoms with van der Waals surface area (Å²) in [6.45, 7) is 9.98. The van der Waals surface area contributed by atoms with Crippen molar-refractivity contribution in [3.8, 4) is 0 Å². The van der Waals surface area contributed by atoms with Crippen LogP contribution in [-0.2, 0) is 25.1 Å². The van der Waals surface area contributed by atoms with E-state index < -0.39 is 47.0 Å². The molecule has 0 aliphatic rings. The van der Waals surface area contributed by atoms with Crippen LogP contribution in [0.4, 0.5) is 22.0 Å². The molecule has 1 atom stereocenters. The van der Waals surface area contributed by atoms with Crippen LogP contribution in [0.5, 0.6) is 0 Å². The zero-order chi connectivity index (χ0) is 32.1. The fourth-order valence-corrected chi connectivity index (χ4v) is 6.58. The van der Waals surface area contributed by atoms with Gasteiger partial charge in [0, 0.05) is 0 Å². The molecule has 0 heterocycles. The maximum atomic E-state index is 12.9. The van der Waals surface area contributed by atoms with Gasteiger partial charge >= 0.3 is 17.4 Å². The number of hydrogen-bond donors (Lipinski definition) is 0. The van der Waals surface area contributed by atoms with Crippen molar-refractivity contribution >= 4 is 39.9 Å². The van der Waals surface area contributed by atoms with Gasteiger partial charge in [-0.25, -0.2) is 8.42 Å². The smallest absolute Gasteiger partial charge is 0.432 e. The lowest BCUT2D eigenvalue weighted by Crippen LogP contribution is -2.53. The van der Waals surface area contributed by atoms with Crippen molar-refractivity contribution in [3.05, 3.63) is 90.5 Å². The molecule has 5 nitrogen and oxygen atoms in total. The van der Waals surface area contributed by atoms with E-state index in [1.54, 1.807) is 0 Å². The van der Waals surface area contributed by atoms with Crippen LogP contribution in [-0.4, -0.2) is 36.5 Å². The van der Waals surface area contributed by atoms with Crippen molar-refractivity contribution in [2.45, 2.75) is 64.5 Å². The Morgan fingerprint density at radius 3 is 1.40 bits per heavy atom. The molecule has 0 saturated carbocycles. The first-order valence-electron chi connectivity index (χ1n) is 12.8. The van der Waals surface area contributed by atoms with Gasteiger partial charge in [0.15, 0.2) is 10.1 Å². The van der Waals surface area contributed by atoms with Gasteiger partial charge in [0.25, 0.3) is 6.10 Å². The van der Waals surface area contributed by atoms with Crippen molar-refractivity contribution in [2.24, 2.45) is 5.41 Å². The molecule has 0 bridgehead atoms. The Labute approximate surface area is 244 Å². The lowest BCUT2D eigenvalue weighted by molar-refractivity contribution is -0.262. The normalized spacial score (nSPS) is 13.6. The predicted molar refractivity (Wildman–Crippen MR) is 155 cm³/mol. The summed E-state index contributed by atoms with van der Waals surface area (Å²) < 4.78 is 96.9. The first kappa shape index (κ1) is 35.3. The lowest BCUT2D eigenvalue weighted by atomic mass is 9.87. The van der Waals surface area contributed by atoms with Crippen molar-refractivity contribution in [1.82, 2.24) is 0 Å². The van der Waals surface area contributed by atoms with Crippen LogP contribution in [0.25, 0.3) is 0 Å². The van der Waals surface area contributed by atoms with E-state index in [1.165, 1.54) is 21.5 Å². The van der Waals surface area contributed by atoms with Gasteiger partial charge in [-0.05, 0) is 68.1 Å². The molecule has 0 N–H and O–H groups in total. The molecule has 3 aromatic rings. The maximum Gasteiger partial charge on any atom is 0.432 e. The molecular weight excluding hydrogens is 598 g/mol. The summed E-state index contributed by atoms with van der Waals surface area (Å²) in [6.07, 6.45) is -10.3. The Morgan fingerprint density at radius 1 is 0.714 bits per heavy atom. The van der Waals surface area contributed by atoms with E-state index >= 15 is 0 Å². The topological polar surface area (TPSA) is 83.5 Å². The molecule has 3 aromatic carbocycles. The Bertz CT molecular complexity index is 1380. The summed E-state index contributed by atoms with van der Waals surface area (Å²) in [4.78, 5) is 11.1.